The molecule has 0 bridgehead atoms. The van der Waals surface area contributed by atoms with E-state index in [2.05, 4.69) is 10.2 Å². The number of amides is 1. The van der Waals surface area contributed by atoms with Crippen molar-refractivity contribution in [3.63, 3.8) is 0 Å². The number of benzene rings is 3. The SMILES string of the molecule is CCOc1ccc(C2c3c(-c4c(C)cc(C)cc4O)n[nH]c3C(=O)N2Cc2ccccc2)cc1. The normalized spacial score (nSPS) is 15.0. The fourth-order valence-electron chi connectivity index (χ4n) is 4.84. The van der Waals surface area contributed by atoms with E-state index in [0.29, 0.717) is 30.1 Å². The number of carbonyl (C=O) groups excluding carboxylic acids is 1. The lowest BCUT2D eigenvalue weighted by molar-refractivity contribution is 0.0730. The van der Waals surface area contributed by atoms with E-state index in [1.165, 1.54) is 0 Å². The lowest BCUT2D eigenvalue weighted by Crippen LogP contribution is -2.29. The van der Waals surface area contributed by atoms with Crippen LogP contribution in [0.5, 0.6) is 11.5 Å². The second kappa shape index (κ2) is 8.71. The summed E-state index contributed by atoms with van der Waals surface area (Å²) in [6, 6.07) is 21.2. The number of nitrogens with zero attached hydrogens (tertiary/aromatic N) is 2. The van der Waals surface area contributed by atoms with Gasteiger partial charge in [0.15, 0.2) is 0 Å². The largest absolute Gasteiger partial charge is 0.507 e. The summed E-state index contributed by atoms with van der Waals surface area (Å²) in [5.74, 6) is 0.830. The van der Waals surface area contributed by atoms with Gasteiger partial charge in [-0.1, -0.05) is 48.5 Å². The van der Waals surface area contributed by atoms with Gasteiger partial charge in [0.1, 0.15) is 22.9 Å². The van der Waals surface area contributed by atoms with Gasteiger partial charge >= 0.3 is 0 Å². The highest BCUT2D eigenvalue weighted by Crippen LogP contribution is 2.46. The van der Waals surface area contributed by atoms with E-state index < -0.39 is 0 Å². The highest BCUT2D eigenvalue weighted by molar-refractivity contribution is 6.00. The van der Waals surface area contributed by atoms with Gasteiger partial charge in [-0.3, -0.25) is 9.89 Å². The van der Waals surface area contributed by atoms with Crippen LogP contribution in [0, 0.1) is 13.8 Å². The molecule has 1 atom stereocenters. The first-order valence-electron chi connectivity index (χ1n) is 11.4. The zero-order chi connectivity index (χ0) is 23.8. The number of hydrogen-bond donors (Lipinski definition) is 2. The molecule has 0 aliphatic carbocycles. The summed E-state index contributed by atoms with van der Waals surface area (Å²) in [7, 11) is 0. The van der Waals surface area contributed by atoms with Crippen molar-refractivity contribution in [1.82, 2.24) is 15.1 Å². The van der Waals surface area contributed by atoms with Crippen LogP contribution in [0.4, 0.5) is 0 Å². The minimum atomic E-state index is -0.354. The third-order valence-electron chi connectivity index (χ3n) is 6.26. The third kappa shape index (κ3) is 3.71. The maximum absolute atomic E-state index is 13.6. The number of aromatic hydroxyl groups is 1. The summed E-state index contributed by atoms with van der Waals surface area (Å²) in [6.07, 6.45) is 0. The number of aromatic nitrogens is 2. The Labute approximate surface area is 198 Å². The van der Waals surface area contributed by atoms with E-state index in [9.17, 15) is 9.90 Å². The predicted octanol–water partition coefficient (Wildman–Crippen LogP) is 5.54. The van der Waals surface area contributed by atoms with E-state index in [-0.39, 0.29) is 17.7 Å². The fourth-order valence-corrected chi connectivity index (χ4v) is 4.84. The molecule has 1 aromatic heterocycles. The second-order valence-electron chi connectivity index (χ2n) is 8.66. The third-order valence-corrected chi connectivity index (χ3v) is 6.26. The van der Waals surface area contributed by atoms with Gasteiger partial charge in [-0.15, -0.1) is 0 Å². The van der Waals surface area contributed by atoms with Crippen LogP contribution in [0.2, 0.25) is 0 Å². The molecule has 1 aliphatic rings. The van der Waals surface area contributed by atoms with Gasteiger partial charge in [0.25, 0.3) is 5.91 Å². The molecular formula is C28H27N3O3. The van der Waals surface area contributed by atoms with Gasteiger partial charge in [-0.25, -0.2) is 0 Å². The molecule has 1 aliphatic heterocycles. The number of aryl methyl sites for hydroxylation is 2. The molecule has 1 amide bonds. The first kappa shape index (κ1) is 21.8. The Morgan fingerprint density at radius 2 is 1.79 bits per heavy atom. The van der Waals surface area contributed by atoms with Crippen LogP contribution in [-0.4, -0.2) is 32.7 Å². The Morgan fingerprint density at radius 3 is 2.47 bits per heavy atom. The molecule has 6 heteroatoms. The minimum absolute atomic E-state index is 0.110. The van der Waals surface area contributed by atoms with Crippen LogP contribution < -0.4 is 4.74 Å². The van der Waals surface area contributed by atoms with Crippen molar-refractivity contribution in [1.29, 1.82) is 0 Å². The molecule has 2 N–H and O–H groups in total. The molecule has 5 rings (SSSR count). The van der Waals surface area contributed by atoms with Crippen molar-refractivity contribution >= 4 is 5.91 Å². The summed E-state index contributed by atoms with van der Waals surface area (Å²) in [5.41, 5.74) is 6.37. The van der Waals surface area contributed by atoms with Crippen LogP contribution in [0.1, 0.15) is 51.3 Å². The molecule has 6 nitrogen and oxygen atoms in total. The second-order valence-corrected chi connectivity index (χ2v) is 8.66. The van der Waals surface area contributed by atoms with Gasteiger partial charge in [-0.05, 0) is 61.2 Å². The zero-order valence-corrected chi connectivity index (χ0v) is 19.5. The van der Waals surface area contributed by atoms with Gasteiger partial charge in [0, 0.05) is 17.7 Å². The summed E-state index contributed by atoms with van der Waals surface area (Å²) < 4.78 is 5.63. The molecule has 2 heterocycles. The quantitative estimate of drug-likeness (QED) is 0.402. The molecule has 3 aromatic carbocycles. The van der Waals surface area contributed by atoms with E-state index >= 15 is 0 Å². The number of nitrogens with one attached hydrogen (secondary N) is 1. The fraction of sp³-hybridized carbons (Fsp3) is 0.214. The van der Waals surface area contributed by atoms with Crippen LogP contribution in [0.15, 0.2) is 66.7 Å². The van der Waals surface area contributed by atoms with Crippen molar-refractivity contribution in [3.8, 4) is 22.8 Å². The van der Waals surface area contributed by atoms with Gasteiger partial charge < -0.3 is 14.7 Å². The number of phenols is 1. The van der Waals surface area contributed by atoms with E-state index in [1.807, 2.05) is 86.3 Å². The first-order valence-corrected chi connectivity index (χ1v) is 11.4. The highest BCUT2D eigenvalue weighted by Gasteiger charge is 2.42. The summed E-state index contributed by atoms with van der Waals surface area (Å²) in [4.78, 5) is 15.4. The molecule has 0 spiro atoms. The Balaban J connectivity index is 1.66. The Hall–Kier alpha value is -4.06. The van der Waals surface area contributed by atoms with Crippen molar-refractivity contribution in [2.24, 2.45) is 0 Å². The van der Waals surface area contributed by atoms with Crippen molar-refractivity contribution < 1.29 is 14.6 Å². The standard InChI is InChI=1S/C28H27N3O3/c1-4-34-21-12-10-20(11-13-21)27-24-25(23-18(3)14-17(2)15-22(23)32)29-30-26(24)28(33)31(27)16-19-8-6-5-7-9-19/h5-15,27,32H,4,16H2,1-3H3,(H,29,30). The average Bonchev–Trinajstić information content (AvgIpc) is 3.34. The molecule has 0 saturated heterocycles. The Kier molecular flexibility index (Phi) is 5.57. The number of ether oxygens (including phenoxy) is 1. The maximum Gasteiger partial charge on any atom is 0.273 e. The first-order chi connectivity index (χ1) is 16.5. The zero-order valence-electron chi connectivity index (χ0n) is 19.5. The molecule has 34 heavy (non-hydrogen) atoms. The number of hydrogen-bond acceptors (Lipinski definition) is 4. The topological polar surface area (TPSA) is 78.5 Å². The lowest BCUT2D eigenvalue weighted by Gasteiger charge is -2.27. The van der Waals surface area contributed by atoms with E-state index in [4.69, 9.17) is 4.74 Å². The predicted molar refractivity (Wildman–Crippen MR) is 131 cm³/mol. The number of rotatable bonds is 6. The molecule has 0 radical (unpaired) electrons. The molecule has 1 unspecified atom stereocenters. The van der Waals surface area contributed by atoms with Crippen molar-refractivity contribution in [3.05, 3.63) is 100 Å². The number of carbonyl (C=O) groups is 1. The number of aromatic amines is 1. The maximum atomic E-state index is 13.6. The average molecular weight is 454 g/mol. The minimum Gasteiger partial charge on any atom is -0.507 e. The van der Waals surface area contributed by atoms with Crippen LogP contribution in [0.3, 0.4) is 0 Å². The van der Waals surface area contributed by atoms with Crippen molar-refractivity contribution in [2.45, 2.75) is 33.4 Å². The summed E-state index contributed by atoms with van der Waals surface area (Å²) in [5, 5.41) is 18.3. The van der Waals surface area contributed by atoms with Crippen LogP contribution in [-0.2, 0) is 6.54 Å². The van der Waals surface area contributed by atoms with E-state index in [1.54, 1.807) is 6.07 Å². The molecule has 172 valence electrons. The Morgan fingerprint density at radius 1 is 1.06 bits per heavy atom. The molecule has 0 saturated carbocycles. The number of phenolic OH excluding ortho intramolecular Hbond substituents is 1. The summed E-state index contributed by atoms with van der Waals surface area (Å²) >= 11 is 0. The molecular weight excluding hydrogens is 426 g/mol. The molecule has 4 aromatic rings. The summed E-state index contributed by atoms with van der Waals surface area (Å²) in [6.45, 7) is 6.89. The number of fused-ring (bicyclic) bond motifs is 1. The van der Waals surface area contributed by atoms with E-state index in [0.717, 1.165) is 33.6 Å². The lowest BCUT2D eigenvalue weighted by atomic mass is 9.93. The van der Waals surface area contributed by atoms with Crippen LogP contribution in [0.25, 0.3) is 11.3 Å². The van der Waals surface area contributed by atoms with Gasteiger partial charge in [0.05, 0.1) is 12.6 Å². The van der Waals surface area contributed by atoms with Gasteiger partial charge in [-0.2, -0.15) is 5.10 Å². The highest BCUT2D eigenvalue weighted by atomic mass is 16.5. The Bertz CT molecular complexity index is 1320. The van der Waals surface area contributed by atoms with Gasteiger partial charge in [0.2, 0.25) is 0 Å². The smallest absolute Gasteiger partial charge is 0.273 e. The monoisotopic (exact) mass is 453 g/mol. The molecule has 0 fully saturated rings. The number of H-pyrrole nitrogens is 1. The van der Waals surface area contributed by atoms with Crippen LogP contribution >= 0.6 is 0 Å². The van der Waals surface area contributed by atoms with Crippen molar-refractivity contribution in [2.75, 3.05) is 6.61 Å².